The molecule has 3 heteroatoms. The Labute approximate surface area is 105 Å². The predicted octanol–water partition coefficient (Wildman–Crippen LogP) is 3.58. The molecular weight excluding hydrogens is 232 g/mol. The number of hydrogen-bond donors (Lipinski definition) is 0. The van der Waals surface area contributed by atoms with Crippen molar-refractivity contribution in [2.45, 2.75) is 18.7 Å². The van der Waals surface area contributed by atoms with Crippen LogP contribution < -0.4 is 0 Å². The van der Waals surface area contributed by atoms with Gasteiger partial charge in [-0.2, -0.15) is 0 Å². The molecule has 1 atom stereocenters. The highest BCUT2D eigenvalue weighted by Gasteiger charge is 2.20. The lowest BCUT2D eigenvalue weighted by Gasteiger charge is -2.35. The van der Waals surface area contributed by atoms with E-state index in [9.17, 15) is 4.79 Å². The van der Waals surface area contributed by atoms with Crippen LogP contribution in [0.25, 0.3) is 0 Å². The van der Waals surface area contributed by atoms with Gasteiger partial charge in [-0.15, -0.1) is 0 Å². The summed E-state index contributed by atoms with van der Waals surface area (Å²) in [7, 11) is -0.977. The van der Waals surface area contributed by atoms with Gasteiger partial charge in [0.15, 0.2) is 0 Å². The van der Waals surface area contributed by atoms with E-state index in [1.54, 1.807) is 0 Å². The second-order valence-corrected chi connectivity index (χ2v) is 8.04. The smallest absolute Gasteiger partial charge is 0.307 e. The molecule has 0 N–H and O–H groups in total. The van der Waals surface area contributed by atoms with Crippen LogP contribution in [0.2, 0.25) is 0 Å². The van der Waals surface area contributed by atoms with Crippen molar-refractivity contribution < 1.29 is 9.53 Å². The van der Waals surface area contributed by atoms with Crippen LogP contribution in [0.1, 0.15) is 13.8 Å². The summed E-state index contributed by atoms with van der Waals surface area (Å²) in [5, 5.41) is 0. The number of esters is 1. The Morgan fingerprint density at radius 2 is 1.94 bits per heavy atom. The number of rotatable bonds is 5. The van der Waals surface area contributed by atoms with Gasteiger partial charge in [0, 0.05) is 12.7 Å². The van der Waals surface area contributed by atoms with E-state index in [1.165, 1.54) is 11.8 Å². The second-order valence-electron chi connectivity index (χ2n) is 4.15. The Bertz CT molecular complexity index is 400. The van der Waals surface area contributed by atoms with Gasteiger partial charge < -0.3 is 4.74 Å². The minimum atomic E-state index is -0.977. The van der Waals surface area contributed by atoms with Crippen LogP contribution >= 0.6 is 10.0 Å². The first kappa shape index (κ1) is 13.8. The highest BCUT2D eigenvalue weighted by atomic mass is 32.3. The minimum Gasteiger partial charge on any atom is -0.431 e. The first-order valence-electron chi connectivity index (χ1n) is 5.63. The highest BCUT2D eigenvalue weighted by Crippen LogP contribution is 2.53. The summed E-state index contributed by atoms with van der Waals surface area (Å²) in [6.07, 6.45) is 2.25. The van der Waals surface area contributed by atoms with Crippen molar-refractivity contribution in [1.82, 2.24) is 0 Å². The van der Waals surface area contributed by atoms with Gasteiger partial charge in [0.2, 0.25) is 0 Å². The van der Waals surface area contributed by atoms with E-state index in [-0.39, 0.29) is 5.97 Å². The van der Waals surface area contributed by atoms with Gasteiger partial charge in [0.1, 0.15) is 5.76 Å². The van der Waals surface area contributed by atoms with Crippen LogP contribution in [0.4, 0.5) is 0 Å². The van der Waals surface area contributed by atoms with Crippen LogP contribution in [-0.4, -0.2) is 23.7 Å². The molecule has 0 bridgehead atoms. The van der Waals surface area contributed by atoms with Crippen LogP contribution in [0.15, 0.2) is 47.6 Å². The van der Waals surface area contributed by atoms with Crippen molar-refractivity contribution in [2.75, 3.05) is 17.8 Å². The molecule has 0 saturated heterocycles. The molecule has 1 aromatic rings. The fourth-order valence-corrected chi connectivity index (χ4v) is 3.98. The largest absolute Gasteiger partial charge is 0.431 e. The zero-order valence-electron chi connectivity index (χ0n) is 10.7. The van der Waals surface area contributed by atoms with E-state index >= 15 is 0 Å². The lowest BCUT2D eigenvalue weighted by atomic mass is 10.4. The summed E-state index contributed by atoms with van der Waals surface area (Å²) in [6, 6.07) is 10.4. The average Bonchev–Trinajstić information content (AvgIpc) is 2.29. The summed E-state index contributed by atoms with van der Waals surface area (Å²) in [5.41, 5.74) is 0. The van der Waals surface area contributed by atoms with E-state index < -0.39 is 10.0 Å². The van der Waals surface area contributed by atoms with Crippen molar-refractivity contribution in [3.63, 3.8) is 0 Å². The Morgan fingerprint density at radius 3 is 2.41 bits per heavy atom. The maximum atomic E-state index is 10.9. The lowest BCUT2D eigenvalue weighted by molar-refractivity contribution is -0.136. The van der Waals surface area contributed by atoms with E-state index in [1.807, 2.05) is 18.2 Å². The molecule has 0 spiro atoms. The standard InChI is InChI=1S/C14H20O2S/c1-5-17(4,11-12(2)16-13(3)15)14-9-7-6-8-10-14/h6-10H,2,5,11H2,1,3-4H3. The molecule has 17 heavy (non-hydrogen) atoms. The van der Waals surface area contributed by atoms with Crippen LogP contribution in [0.5, 0.6) is 0 Å². The number of carbonyl (C=O) groups is 1. The minimum absolute atomic E-state index is 0.291. The van der Waals surface area contributed by atoms with Gasteiger partial charge in [0.05, 0.1) is 0 Å². The van der Waals surface area contributed by atoms with Gasteiger partial charge in [0.25, 0.3) is 0 Å². The van der Waals surface area contributed by atoms with Crippen molar-refractivity contribution in [3.05, 3.63) is 42.7 Å². The molecule has 0 aliphatic rings. The SMILES string of the molecule is C=C(CS(C)(CC)c1ccccc1)OC(C)=O. The first-order chi connectivity index (χ1) is 7.98. The fraction of sp³-hybridized carbons (Fsp3) is 0.357. The molecule has 1 rings (SSSR count). The summed E-state index contributed by atoms with van der Waals surface area (Å²) in [4.78, 5) is 12.2. The van der Waals surface area contributed by atoms with Gasteiger partial charge in [-0.3, -0.25) is 4.79 Å². The van der Waals surface area contributed by atoms with Gasteiger partial charge in [-0.05, 0) is 16.9 Å². The van der Waals surface area contributed by atoms with E-state index in [0.29, 0.717) is 5.76 Å². The molecule has 1 aromatic carbocycles. The molecule has 0 aromatic heterocycles. The van der Waals surface area contributed by atoms with Crippen LogP contribution in [-0.2, 0) is 9.53 Å². The van der Waals surface area contributed by atoms with Gasteiger partial charge in [-0.25, -0.2) is 10.0 Å². The maximum Gasteiger partial charge on any atom is 0.307 e. The number of benzene rings is 1. The fourth-order valence-electron chi connectivity index (χ4n) is 1.69. The topological polar surface area (TPSA) is 26.3 Å². The second kappa shape index (κ2) is 5.92. The Hall–Kier alpha value is -1.22. The maximum absolute atomic E-state index is 10.9. The van der Waals surface area contributed by atoms with E-state index in [2.05, 4.69) is 31.9 Å². The highest BCUT2D eigenvalue weighted by molar-refractivity contribution is 8.33. The van der Waals surface area contributed by atoms with E-state index in [4.69, 9.17) is 4.74 Å². The normalized spacial score (nSPS) is 15.7. The summed E-state index contributed by atoms with van der Waals surface area (Å²) in [5.74, 6) is 2.08. The summed E-state index contributed by atoms with van der Waals surface area (Å²) in [6.45, 7) is 7.41. The Balaban J connectivity index is 2.83. The third-order valence-electron chi connectivity index (χ3n) is 2.72. The zero-order chi connectivity index (χ0) is 12.9. The molecule has 1 unspecified atom stereocenters. The molecule has 0 heterocycles. The molecule has 0 aliphatic carbocycles. The van der Waals surface area contributed by atoms with Gasteiger partial charge in [-0.1, -0.05) is 43.8 Å². The third-order valence-corrected chi connectivity index (χ3v) is 6.36. The predicted molar refractivity (Wildman–Crippen MR) is 74.5 cm³/mol. The Morgan fingerprint density at radius 1 is 1.35 bits per heavy atom. The molecule has 0 saturated carbocycles. The first-order valence-corrected chi connectivity index (χ1v) is 8.01. The van der Waals surface area contributed by atoms with Crippen LogP contribution in [0, 0.1) is 0 Å². The number of ether oxygens (including phenoxy) is 1. The molecule has 0 aliphatic heterocycles. The van der Waals surface area contributed by atoms with Crippen molar-refractivity contribution in [1.29, 1.82) is 0 Å². The molecule has 2 nitrogen and oxygen atoms in total. The zero-order valence-corrected chi connectivity index (χ0v) is 11.5. The number of carbonyl (C=O) groups excluding carboxylic acids is 1. The monoisotopic (exact) mass is 252 g/mol. The van der Waals surface area contributed by atoms with Crippen molar-refractivity contribution in [2.24, 2.45) is 0 Å². The average molecular weight is 252 g/mol. The summed E-state index contributed by atoms with van der Waals surface area (Å²) < 4.78 is 5.06. The molecule has 0 radical (unpaired) electrons. The number of hydrogen-bond acceptors (Lipinski definition) is 2. The molecule has 0 amide bonds. The Kier molecular flexibility index (Phi) is 4.82. The summed E-state index contributed by atoms with van der Waals surface area (Å²) >= 11 is 0. The van der Waals surface area contributed by atoms with Crippen LogP contribution in [0.3, 0.4) is 0 Å². The molecule has 94 valence electrons. The lowest BCUT2D eigenvalue weighted by Crippen LogP contribution is -2.11. The van der Waals surface area contributed by atoms with Crippen molar-refractivity contribution in [3.8, 4) is 0 Å². The third kappa shape index (κ3) is 3.93. The van der Waals surface area contributed by atoms with Gasteiger partial charge >= 0.3 is 5.97 Å². The molecule has 0 fully saturated rings. The molecular formula is C14H20O2S. The quantitative estimate of drug-likeness (QED) is 0.591. The van der Waals surface area contributed by atoms with E-state index in [0.717, 1.165) is 11.5 Å². The van der Waals surface area contributed by atoms with Crippen molar-refractivity contribution >= 4 is 16.0 Å².